The molecule has 1 aliphatic rings. The lowest BCUT2D eigenvalue weighted by Gasteiger charge is -2.17. The minimum absolute atomic E-state index is 0.196. The molecule has 2 amide bonds. The van der Waals surface area contributed by atoms with Crippen LogP contribution in [0, 0.1) is 6.92 Å². The summed E-state index contributed by atoms with van der Waals surface area (Å²) in [5.41, 5.74) is 2.24. The summed E-state index contributed by atoms with van der Waals surface area (Å²) in [6, 6.07) is 7.79. The average molecular weight is 248 g/mol. The Morgan fingerprint density at radius 3 is 2.44 bits per heavy atom. The number of hydrogen-bond donors (Lipinski definition) is 1. The van der Waals surface area contributed by atoms with Crippen LogP contribution in [-0.4, -0.2) is 46.5 Å². The van der Waals surface area contributed by atoms with Crippen molar-refractivity contribution in [3.8, 4) is 0 Å². The van der Waals surface area contributed by atoms with Crippen molar-refractivity contribution in [2.24, 2.45) is 0 Å². The van der Waals surface area contributed by atoms with Crippen LogP contribution in [0.15, 0.2) is 24.3 Å². The molecule has 0 bridgehead atoms. The number of amides is 2. The monoisotopic (exact) mass is 248 g/mol. The largest absolute Gasteiger partial charge is 0.480 e. The number of carbonyl (C=O) groups excluding carboxylic acids is 1. The van der Waals surface area contributed by atoms with Crippen molar-refractivity contribution < 1.29 is 14.7 Å². The minimum atomic E-state index is -0.972. The van der Waals surface area contributed by atoms with Crippen LogP contribution in [0.3, 0.4) is 0 Å². The number of benzene rings is 1. The van der Waals surface area contributed by atoms with Crippen LogP contribution in [0.5, 0.6) is 0 Å². The van der Waals surface area contributed by atoms with Gasteiger partial charge in [0.15, 0.2) is 0 Å². The molecule has 0 aliphatic carbocycles. The van der Waals surface area contributed by atoms with Crippen LogP contribution in [0.2, 0.25) is 0 Å². The molecule has 0 unspecified atom stereocenters. The fourth-order valence-corrected chi connectivity index (χ4v) is 2.00. The van der Waals surface area contributed by atoms with Gasteiger partial charge in [0.1, 0.15) is 6.54 Å². The highest BCUT2D eigenvalue weighted by molar-refractivity contribution is 5.81. The first-order valence-electron chi connectivity index (χ1n) is 5.87. The lowest BCUT2D eigenvalue weighted by Crippen LogP contribution is -2.34. The van der Waals surface area contributed by atoms with Crippen LogP contribution in [0.25, 0.3) is 0 Å². The number of carbonyl (C=O) groups is 2. The number of carboxylic acids is 1. The maximum atomic E-state index is 11.9. The lowest BCUT2D eigenvalue weighted by molar-refractivity contribution is -0.137. The molecular weight excluding hydrogens is 232 g/mol. The van der Waals surface area contributed by atoms with Gasteiger partial charge in [0, 0.05) is 19.6 Å². The van der Waals surface area contributed by atoms with Gasteiger partial charge in [0.05, 0.1) is 0 Å². The summed E-state index contributed by atoms with van der Waals surface area (Å²) in [7, 11) is 0. The zero-order valence-corrected chi connectivity index (χ0v) is 10.3. The van der Waals surface area contributed by atoms with E-state index in [0.29, 0.717) is 19.6 Å². The molecule has 0 aromatic heterocycles. The lowest BCUT2D eigenvalue weighted by atomic mass is 10.1. The Morgan fingerprint density at radius 1 is 1.22 bits per heavy atom. The normalized spacial score (nSPS) is 15.3. The second kappa shape index (κ2) is 5.08. The number of rotatable bonds is 4. The highest BCUT2D eigenvalue weighted by Crippen LogP contribution is 2.13. The Balaban J connectivity index is 1.97. The van der Waals surface area contributed by atoms with E-state index in [9.17, 15) is 9.59 Å². The van der Waals surface area contributed by atoms with Gasteiger partial charge in [-0.2, -0.15) is 0 Å². The smallest absolute Gasteiger partial charge is 0.323 e. The highest BCUT2D eigenvalue weighted by Gasteiger charge is 2.29. The molecule has 1 saturated heterocycles. The SMILES string of the molecule is Cc1ccc(CN2CCN(CC(=O)O)C2=O)cc1. The number of nitrogens with zero attached hydrogens (tertiary/aromatic N) is 2. The zero-order valence-electron chi connectivity index (χ0n) is 10.3. The zero-order chi connectivity index (χ0) is 13.1. The van der Waals surface area contributed by atoms with E-state index in [-0.39, 0.29) is 12.6 Å². The second-order valence-corrected chi connectivity index (χ2v) is 4.51. The molecule has 1 fully saturated rings. The Kier molecular flexibility index (Phi) is 3.50. The molecule has 0 saturated carbocycles. The summed E-state index contributed by atoms with van der Waals surface area (Å²) < 4.78 is 0. The number of hydrogen-bond acceptors (Lipinski definition) is 2. The third-order valence-corrected chi connectivity index (χ3v) is 3.00. The Morgan fingerprint density at radius 2 is 1.83 bits per heavy atom. The molecule has 0 radical (unpaired) electrons. The van der Waals surface area contributed by atoms with E-state index in [1.165, 1.54) is 10.5 Å². The van der Waals surface area contributed by atoms with Gasteiger partial charge in [0.25, 0.3) is 0 Å². The molecule has 96 valence electrons. The van der Waals surface area contributed by atoms with Crippen LogP contribution in [0.1, 0.15) is 11.1 Å². The maximum Gasteiger partial charge on any atom is 0.323 e. The average Bonchev–Trinajstić information content (AvgIpc) is 2.64. The third kappa shape index (κ3) is 2.80. The number of aryl methyl sites for hydroxylation is 1. The van der Waals surface area contributed by atoms with Gasteiger partial charge in [-0.1, -0.05) is 29.8 Å². The van der Waals surface area contributed by atoms with Crippen LogP contribution in [-0.2, 0) is 11.3 Å². The molecular formula is C13H16N2O3. The molecule has 5 heteroatoms. The van der Waals surface area contributed by atoms with Gasteiger partial charge in [-0.15, -0.1) is 0 Å². The van der Waals surface area contributed by atoms with E-state index in [1.807, 2.05) is 31.2 Å². The molecule has 5 nitrogen and oxygen atoms in total. The minimum Gasteiger partial charge on any atom is -0.480 e. The van der Waals surface area contributed by atoms with Gasteiger partial charge >= 0.3 is 12.0 Å². The standard InChI is InChI=1S/C13H16N2O3/c1-10-2-4-11(5-3-10)8-14-6-7-15(13(14)18)9-12(16)17/h2-5H,6-9H2,1H3,(H,16,17). The topological polar surface area (TPSA) is 60.9 Å². The summed E-state index contributed by atoms with van der Waals surface area (Å²) in [6.07, 6.45) is 0. The van der Waals surface area contributed by atoms with Crippen molar-refractivity contribution in [2.75, 3.05) is 19.6 Å². The van der Waals surface area contributed by atoms with Gasteiger partial charge in [-0.3, -0.25) is 4.79 Å². The molecule has 2 rings (SSSR count). The highest BCUT2D eigenvalue weighted by atomic mass is 16.4. The predicted octanol–water partition coefficient (Wildman–Crippen LogP) is 1.32. The molecule has 0 atom stereocenters. The van der Waals surface area contributed by atoms with E-state index in [0.717, 1.165) is 5.56 Å². The fraction of sp³-hybridized carbons (Fsp3) is 0.385. The van der Waals surface area contributed by atoms with Crippen LogP contribution < -0.4 is 0 Å². The van der Waals surface area contributed by atoms with Gasteiger partial charge < -0.3 is 14.9 Å². The van der Waals surface area contributed by atoms with Crippen molar-refractivity contribution in [3.05, 3.63) is 35.4 Å². The van der Waals surface area contributed by atoms with Crippen molar-refractivity contribution >= 4 is 12.0 Å². The summed E-state index contributed by atoms with van der Waals surface area (Å²) in [5, 5.41) is 8.69. The van der Waals surface area contributed by atoms with Gasteiger partial charge in [-0.25, -0.2) is 4.79 Å². The fourth-order valence-electron chi connectivity index (χ4n) is 2.00. The van der Waals surface area contributed by atoms with E-state index in [1.54, 1.807) is 4.90 Å². The van der Waals surface area contributed by atoms with E-state index in [2.05, 4.69) is 0 Å². The molecule has 18 heavy (non-hydrogen) atoms. The van der Waals surface area contributed by atoms with Crippen LogP contribution >= 0.6 is 0 Å². The first kappa shape index (κ1) is 12.4. The Bertz CT molecular complexity index is 456. The predicted molar refractivity (Wildman–Crippen MR) is 66.2 cm³/mol. The number of aliphatic carboxylic acids is 1. The van der Waals surface area contributed by atoms with Crippen molar-refractivity contribution in [2.45, 2.75) is 13.5 Å². The van der Waals surface area contributed by atoms with Crippen molar-refractivity contribution in [1.29, 1.82) is 0 Å². The second-order valence-electron chi connectivity index (χ2n) is 4.51. The summed E-state index contributed by atoms with van der Waals surface area (Å²) in [6.45, 7) is 3.40. The Hall–Kier alpha value is -2.04. The van der Waals surface area contributed by atoms with Crippen molar-refractivity contribution in [3.63, 3.8) is 0 Å². The molecule has 0 spiro atoms. The molecule has 1 N–H and O–H groups in total. The summed E-state index contributed by atoms with van der Waals surface area (Å²) in [4.78, 5) is 25.5. The molecule has 1 aliphatic heterocycles. The van der Waals surface area contributed by atoms with Crippen molar-refractivity contribution in [1.82, 2.24) is 9.80 Å². The molecule has 1 aromatic rings. The number of carboxylic acid groups (broad SMARTS) is 1. The third-order valence-electron chi connectivity index (χ3n) is 3.00. The van der Waals surface area contributed by atoms with E-state index >= 15 is 0 Å². The maximum absolute atomic E-state index is 11.9. The Labute approximate surface area is 106 Å². The van der Waals surface area contributed by atoms with Gasteiger partial charge in [-0.05, 0) is 12.5 Å². The number of urea groups is 1. The summed E-state index contributed by atoms with van der Waals surface area (Å²) in [5.74, 6) is -0.972. The van der Waals surface area contributed by atoms with Gasteiger partial charge in [0.2, 0.25) is 0 Å². The quantitative estimate of drug-likeness (QED) is 0.874. The molecule has 1 aromatic carbocycles. The first-order chi connectivity index (χ1) is 8.56. The van der Waals surface area contributed by atoms with Crippen LogP contribution in [0.4, 0.5) is 4.79 Å². The van der Waals surface area contributed by atoms with E-state index < -0.39 is 5.97 Å². The van der Waals surface area contributed by atoms with E-state index in [4.69, 9.17) is 5.11 Å². The summed E-state index contributed by atoms with van der Waals surface area (Å²) >= 11 is 0. The molecule has 1 heterocycles. The first-order valence-corrected chi connectivity index (χ1v) is 5.87.